The maximum absolute atomic E-state index is 12.5. The molecule has 0 saturated carbocycles. The third kappa shape index (κ3) is 5.34. The van der Waals surface area contributed by atoms with Crippen molar-refractivity contribution in [3.8, 4) is 22.8 Å². The highest BCUT2D eigenvalue weighted by Gasteiger charge is 2.20. The van der Waals surface area contributed by atoms with Gasteiger partial charge in [-0.05, 0) is 79.5 Å². The SMILES string of the molecule is CCc1ccc(O[C@@H](C)C(=O)Nc2nonc2-c2ccc(OC(C)C)cc2)cc1. The summed E-state index contributed by atoms with van der Waals surface area (Å²) < 4.78 is 16.2. The third-order valence-corrected chi connectivity index (χ3v) is 4.24. The Labute approximate surface area is 170 Å². The van der Waals surface area contributed by atoms with E-state index in [9.17, 15) is 4.79 Å². The van der Waals surface area contributed by atoms with Crippen LogP contribution in [0.1, 0.15) is 33.3 Å². The first-order chi connectivity index (χ1) is 14.0. The van der Waals surface area contributed by atoms with Gasteiger partial charge in [0.15, 0.2) is 11.8 Å². The van der Waals surface area contributed by atoms with Gasteiger partial charge in [-0.25, -0.2) is 4.63 Å². The van der Waals surface area contributed by atoms with Gasteiger partial charge in [0.05, 0.1) is 6.10 Å². The highest BCUT2D eigenvalue weighted by molar-refractivity contribution is 5.95. The van der Waals surface area contributed by atoms with Gasteiger partial charge in [-0.2, -0.15) is 0 Å². The molecule has 1 aromatic heterocycles. The molecule has 2 aromatic carbocycles. The van der Waals surface area contributed by atoms with Gasteiger partial charge in [-0.15, -0.1) is 0 Å². The van der Waals surface area contributed by atoms with E-state index >= 15 is 0 Å². The summed E-state index contributed by atoms with van der Waals surface area (Å²) in [7, 11) is 0. The van der Waals surface area contributed by atoms with Gasteiger partial charge < -0.3 is 14.8 Å². The molecule has 0 unspecified atom stereocenters. The van der Waals surface area contributed by atoms with E-state index < -0.39 is 6.10 Å². The van der Waals surface area contributed by atoms with E-state index in [4.69, 9.17) is 14.1 Å². The maximum atomic E-state index is 12.5. The molecular formula is C22H25N3O4. The minimum absolute atomic E-state index is 0.0871. The quantitative estimate of drug-likeness (QED) is 0.605. The van der Waals surface area contributed by atoms with Crippen molar-refractivity contribution in [1.82, 2.24) is 10.3 Å². The van der Waals surface area contributed by atoms with Crippen LogP contribution in [-0.4, -0.2) is 28.4 Å². The molecule has 29 heavy (non-hydrogen) atoms. The van der Waals surface area contributed by atoms with Crippen molar-refractivity contribution in [3.05, 3.63) is 54.1 Å². The molecule has 3 aromatic rings. The van der Waals surface area contributed by atoms with E-state index in [0.717, 1.165) is 17.7 Å². The molecule has 1 heterocycles. The van der Waals surface area contributed by atoms with E-state index in [1.807, 2.05) is 62.4 Å². The summed E-state index contributed by atoms with van der Waals surface area (Å²) in [5.41, 5.74) is 2.40. The number of aryl methyl sites for hydroxylation is 1. The van der Waals surface area contributed by atoms with E-state index in [0.29, 0.717) is 11.4 Å². The van der Waals surface area contributed by atoms with Crippen LogP contribution in [0.4, 0.5) is 5.82 Å². The number of hydrogen-bond acceptors (Lipinski definition) is 6. The summed E-state index contributed by atoms with van der Waals surface area (Å²) in [5, 5.41) is 10.4. The minimum atomic E-state index is -0.714. The zero-order valence-electron chi connectivity index (χ0n) is 17.0. The number of nitrogens with zero attached hydrogens (tertiary/aromatic N) is 2. The van der Waals surface area contributed by atoms with Gasteiger partial charge in [0.1, 0.15) is 11.5 Å². The predicted octanol–water partition coefficient (Wildman–Crippen LogP) is 4.49. The molecule has 7 heteroatoms. The van der Waals surface area contributed by atoms with Crippen molar-refractivity contribution < 1.29 is 18.9 Å². The largest absolute Gasteiger partial charge is 0.491 e. The van der Waals surface area contributed by atoms with E-state index in [1.165, 1.54) is 5.56 Å². The lowest BCUT2D eigenvalue weighted by Gasteiger charge is -2.14. The van der Waals surface area contributed by atoms with Crippen molar-refractivity contribution in [2.24, 2.45) is 0 Å². The van der Waals surface area contributed by atoms with Crippen LogP contribution in [0.5, 0.6) is 11.5 Å². The fraction of sp³-hybridized carbons (Fsp3) is 0.318. The van der Waals surface area contributed by atoms with Crippen LogP contribution in [-0.2, 0) is 11.2 Å². The van der Waals surface area contributed by atoms with Crippen LogP contribution < -0.4 is 14.8 Å². The molecule has 0 aliphatic rings. The molecular weight excluding hydrogens is 370 g/mol. The normalized spacial score (nSPS) is 11.9. The van der Waals surface area contributed by atoms with Crippen LogP contribution >= 0.6 is 0 Å². The average Bonchev–Trinajstić information content (AvgIpc) is 3.16. The fourth-order valence-electron chi connectivity index (χ4n) is 2.70. The molecule has 0 saturated heterocycles. The summed E-state index contributed by atoms with van der Waals surface area (Å²) in [6.07, 6.45) is 0.320. The van der Waals surface area contributed by atoms with E-state index in [2.05, 4.69) is 22.6 Å². The number of carbonyl (C=O) groups is 1. The Kier molecular flexibility index (Phi) is 6.49. The lowest BCUT2D eigenvalue weighted by Crippen LogP contribution is -2.30. The van der Waals surface area contributed by atoms with Gasteiger partial charge in [0.2, 0.25) is 5.82 Å². The minimum Gasteiger partial charge on any atom is -0.491 e. The standard InChI is InChI=1S/C22H25N3O4/c1-5-16-6-10-19(11-7-16)28-15(4)22(26)23-21-20(24-29-25-21)17-8-12-18(13-9-17)27-14(2)3/h6-15H,5H2,1-4H3,(H,23,25,26)/t15-/m0/s1. The first kappa shape index (κ1) is 20.4. The lowest BCUT2D eigenvalue weighted by atomic mass is 10.1. The highest BCUT2D eigenvalue weighted by Crippen LogP contribution is 2.27. The zero-order chi connectivity index (χ0) is 20.8. The Bertz CT molecular complexity index is 933. The monoisotopic (exact) mass is 395 g/mol. The van der Waals surface area contributed by atoms with E-state index in [1.54, 1.807) is 6.92 Å². The summed E-state index contributed by atoms with van der Waals surface area (Å²) >= 11 is 0. The van der Waals surface area contributed by atoms with Gasteiger partial charge in [0, 0.05) is 5.56 Å². The summed E-state index contributed by atoms with van der Waals surface area (Å²) in [6, 6.07) is 15.0. The van der Waals surface area contributed by atoms with E-state index in [-0.39, 0.29) is 17.8 Å². The van der Waals surface area contributed by atoms with Crippen LogP contribution in [0.25, 0.3) is 11.3 Å². The number of aromatic nitrogens is 2. The van der Waals surface area contributed by atoms with Crippen molar-refractivity contribution >= 4 is 11.7 Å². The molecule has 1 N–H and O–H groups in total. The topological polar surface area (TPSA) is 86.5 Å². The highest BCUT2D eigenvalue weighted by atomic mass is 16.6. The fourth-order valence-corrected chi connectivity index (χ4v) is 2.70. The molecule has 3 rings (SSSR count). The van der Waals surface area contributed by atoms with Gasteiger partial charge in [-0.3, -0.25) is 4.79 Å². The second-order valence-electron chi connectivity index (χ2n) is 6.90. The molecule has 152 valence electrons. The number of hydrogen-bond donors (Lipinski definition) is 1. The second kappa shape index (κ2) is 9.23. The van der Waals surface area contributed by atoms with Crippen LogP contribution in [0, 0.1) is 0 Å². The molecule has 0 spiro atoms. The molecule has 0 radical (unpaired) electrons. The molecule has 1 amide bonds. The molecule has 0 aliphatic heterocycles. The average molecular weight is 395 g/mol. The van der Waals surface area contributed by atoms with Gasteiger partial charge >= 0.3 is 0 Å². The van der Waals surface area contributed by atoms with Crippen molar-refractivity contribution in [3.63, 3.8) is 0 Å². The second-order valence-corrected chi connectivity index (χ2v) is 6.90. The molecule has 0 aliphatic carbocycles. The predicted molar refractivity (Wildman–Crippen MR) is 110 cm³/mol. The number of carbonyl (C=O) groups excluding carboxylic acids is 1. The molecule has 7 nitrogen and oxygen atoms in total. The lowest BCUT2D eigenvalue weighted by molar-refractivity contribution is -0.122. The Morgan fingerprint density at radius 1 is 0.966 bits per heavy atom. The smallest absolute Gasteiger partial charge is 0.266 e. The number of rotatable bonds is 8. The molecule has 0 bridgehead atoms. The Balaban J connectivity index is 1.66. The van der Waals surface area contributed by atoms with Crippen LogP contribution in [0.2, 0.25) is 0 Å². The Hall–Kier alpha value is -3.35. The van der Waals surface area contributed by atoms with Crippen molar-refractivity contribution in [2.75, 3.05) is 5.32 Å². The first-order valence-electron chi connectivity index (χ1n) is 9.62. The number of amides is 1. The summed E-state index contributed by atoms with van der Waals surface area (Å²) in [4.78, 5) is 12.5. The van der Waals surface area contributed by atoms with Gasteiger partial charge in [-0.1, -0.05) is 19.1 Å². The number of anilines is 1. The molecule has 1 atom stereocenters. The third-order valence-electron chi connectivity index (χ3n) is 4.24. The van der Waals surface area contributed by atoms with Crippen LogP contribution in [0.15, 0.2) is 53.2 Å². The van der Waals surface area contributed by atoms with Gasteiger partial charge in [0.25, 0.3) is 5.91 Å². The number of benzene rings is 2. The summed E-state index contributed by atoms with van der Waals surface area (Å²) in [6.45, 7) is 7.68. The zero-order valence-corrected chi connectivity index (χ0v) is 17.0. The first-order valence-corrected chi connectivity index (χ1v) is 9.62. The van der Waals surface area contributed by atoms with Crippen molar-refractivity contribution in [2.45, 2.75) is 46.3 Å². The summed E-state index contributed by atoms with van der Waals surface area (Å²) in [5.74, 6) is 1.27. The Morgan fingerprint density at radius 3 is 2.21 bits per heavy atom. The maximum Gasteiger partial charge on any atom is 0.266 e. The molecule has 0 fully saturated rings. The number of nitrogens with one attached hydrogen (secondary N) is 1. The Morgan fingerprint density at radius 2 is 1.59 bits per heavy atom. The number of ether oxygens (including phenoxy) is 2. The van der Waals surface area contributed by atoms with Crippen LogP contribution in [0.3, 0.4) is 0 Å². The van der Waals surface area contributed by atoms with Crippen molar-refractivity contribution in [1.29, 1.82) is 0 Å².